The van der Waals surface area contributed by atoms with Crippen LogP contribution in [-0.4, -0.2) is 41.7 Å². The van der Waals surface area contributed by atoms with Gasteiger partial charge in [0.05, 0.1) is 5.69 Å². The van der Waals surface area contributed by atoms with Gasteiger partial charge in [-0.2, -0.15) is 0 Å². The molecular formula is C16H27N3O. The molecule has 0 spiro atoms. The van der Waals surface area contributed by atoms with Crippen LogP contribution in [0.2, 0.25) is 0 Å². The number of pyridine rings is 1. The van der Waals surface area contributed by atoms with Crippen molar-refractivity contribution in [2.24, 2.45) is 5.73 Å². The SMILES string of the molecule is CCN(Cc1cccc(C)n1)C1(CN)CCCOCC1. The second kappa shape index (κ2) is 7.16. The normalized spacial score (nSPS) is 23.8. The van der Waals surface area contributed by atoms with Gasteiger partial charge < -0.3 is 10.5 Å². The molecule has 112 valence electrons. The first-order chi connectivity index (χ1) is 9.70. The summed E-state index contributed by atoms with van der Waals surface area (Å²) in [4.78, 5) is 7.12. The Kier molecular flexibility index (Phi) is 5.52. The molecule has 1 aromatic heterocycles. The van der Waals surface area contributed by atoms with E-state index in [1.807, 2.05) is 13.0 Å². The van der Waals surface area contributed by atoms with Crippen LogP contribution >= 0.6 is 0 Å². The first-order valence-electron chi connectivity index (χ1n) is 7.65. The lowest BCUT2D eigenvalue weighted by atomic mass is 9.88. The van der Waals surface area contributed by atoms with E-state index >= 15 is 0 Å². The summed E-state index contributed by atoms with van der Waals surface area (Å²) in [7, 11) is 0. The zero-order valence-electron chi connectivity index (χ0n) is 12.8. The number of rotatable bonds is 5. The molecule has 0 aliphatic carbocycles. The summed E-state index contributed by atoms with van der Waals surface area (Å²) in [6.45, 7) is 8.48. The minimum atomic E-state index is 0.0661. The van der Waals surface area contributed by atoms with Gasteiger partial charge in [0.25, 0.3) is 0 Å². The number of hydrogen-bond donors (Lipinski definition) is 1. The monoisotopic (exact) mass is 277 g/mol. The minimum absolute atomic E-state index is 0.0661. The van der Waals surface area contributed by atoms with Crippen molar-refractivity contribution >= 4 is 0 Å². The van der Waals surface area contributed by atoms with Gasteiger partial charge in [0.1, 0.15) is 0 Å². The van der Waals surface area contributed by atoms with Crippen LogP contribution in [0.3, 0.4) is 0 Å². The van der Waals surface area contributed by atoms with E-state index in [-0.39, 0.29) is 5.54 Å². The molecule has 1 atom stereocenters. The highest BCUT2D eigenvalue weighted by Gasteiger charge is 2.35. The van der Waals surface area contributed by atoms with Crippen LogP contribution in [0.4, 0.5) is 0 Å². The van der Waals surface area contributed by atoms with Crippen LogP contribution in [0.1, 0.15) is 37.6 Å². The van der Waals surface area contributed by atoms with E-state index in [0.717, 1.165) is 57.0 Å². The highest BCUT2D eigenvalue weighted by molar-refractivity contribution is 5.10. The van der Waals surface area contributed by atoms with Gasteiger partial charge in [-0.15, -0.1) is 0 Å². The molecule has 0 saturated carbocycles. The smallest absolute Gasteiger partial charge is 0.0547 e. The second-order valence-corrected chi connectivity index (χ2v) is 5.68. The molecule has 2 heterocycles. The largest absolute Gasteiger partial charge is 0.381 e. The summed E-state index contributed by atoms with van der Waals surface area (Å²) in [6.07, 6.45) is 3.22. The number of likely N-dealkylation sites (N-methyl/N-ethyl adjacent to an activating group) is 1. The number of nitrogens with zero attached hydrogens (tertiary/aromatic N) is 2. The highest BCUT2D eigenvalue weighted by Crippen LogP contribution is 2.28. The zero-order chi connectivity index (χ0) is 14.4. The predicted molar refractivity (Wildman–Crippen MR) is 81.5 cm³/mol. The van der Waals surface area contributed by atoms with Crippen LogP contribution in [0.15, 0.2) is 18.2 Å². The Labute approximate surface area is 122 Å². The molecule has 1 aliphatic rings. The maximum Gasteiger partial charge on any atom is 0.0547 e. The van der Waals surface area contributed by atoms with Crippen molar-refractivity contribution in [3.05, 3.63) is 29.6 Å². The van der Waals surface area contributed by atoms with Crippen molar-refractivity contribution in [1.82, 2.24) is 9.88 Å². The molecule has 1 unspecified atom stereocenters. The Morgan fingerprint density at radius 3 is 2.90 bits per heavy atom. The molecule has 1 aliphatic heterocycles. The Bertz CT molecular complexity index is 414. The van der Waals surface area contributed by atoms with Crippen molar-refractivity contribution in [3.63, 3.8) is 0 Å². The van der Waals surface area contributed by atoms with Gasteiger partial charge in [0.2, 0.25) is 0 Å². The number of aryl methyl sites for hydroxylation is 1. The van der Waals surface area contributed by atoms with Crippen LogP contribution in [0.5, 0.6) is 0 Å². The molecule has 1 aromatic rings. The highest BCUT2D eigenvalue weighted by atomic mass is 16.5. The molecule has 2 rings (SSSR count). The molecule has 4 heteroatoms. The third-order valence-corrected chi connectivity index (χ3v) is 4.37. The van der Waals surface area contributed by atoms with E-state index in [0.29, 0.717) is 6.54 Å². The van der Waals surface area contributed by atoms with E-state index in [9.17, 15) is 0 Å². The zero-order valence-corrected chi connectivity index (χ0v) is 12.8. The van der Waals surface area contributed by atoms with Gasteiger partial charge in [-0.25, -0.2) is 0 Å². The number of hydrogen-bond acceptors (Lipinski definition) is 4. The Hall–Kier alpha value is -0.970. The van der Waals surface area contributed by atoms with E-state index in [4.69, 9.17) is 10.5 Å². The maximum atomic E-state index is 6.15. The van der Waals surface area contributed by atoms with Crippen LogP contribution in [0.25, 0.3) is 0 Å². The van der Waals surface area contributed by atoms with Crippen molar-refractivity contribution in [1.29, 1.82) is 0 Å². The van der Waals surface area contributed by atoms with Crippen molar-refractivity contribution in [3.8, 4) is 0 Å². The molecule has 2 N–H and O–H groups in total. The van der Waals surface area contributed by atoms with E-state index in [1.165, 1.54) is 0 Å². The first-order valence-corrected chi connectivity index (χ1v) is 7.65. The van der Waals surface area contributed by atoms with Crippen LogP contribution in [0, 0.1) is 6.92 Å². The average Bonchev–Trinajstić information content (AvgIpc) is 2.71. The molecule has 1 fully saturated rings. The summed E-state index contributed by atoms with van der Waals surface area (Å²) in [6, 6.07) is 6.22. The second-order valence-electron chi connectivity index (χ2n) is 5.68. The summed E-state index contributed by atoms with van der Waals surface area (Å²) in [5.41, 5.74) is 8.42. The molecule has 0 aromatic carbocycles. The number of aromatic nitrogens is 1. The average molecular weight is 277 g/mol. The van der Waals surface area contributed by atoms with Crippen LogP contribution < -0.4 is 5.73 Å². The van der Waals surface area contributed by atoms with E-state index in [1.54, 1.807) is 0 Å². The molecule has 4 nitrogen and oxygen atoms in total. The Morgan fingerprint density at radius 2 is 2.20 bits per heavy atom. The number of ether oxygens (including phenoxy) is 1. The third kappa shape index (κ3) is 3.57. The van der Waals surface area contributed by atoms with Gasteiger partial charge in [-0.05, 0) is 44.9 Å². The lowest BCUT2D eigenvalue weighted by molar-refractivity contribution is 0.0638. The predicted octanol–water partition coefficient (Wildman–Crippen LogP) is 2.11. The lowest BCUT2D eigenvalue weighted by Crippen LogP contribution is -2.53. The standard InChI is InChI=1S/C16H27N3O/c1-3-19(12-15-7-4-6-14(2)18-15)16(13-17)8-5-10-20-11-9-16/h4,6-7H,3,5,8-13,17H2,1-2H3. The minimum Gasteiger partial charge on any atom is -0.381 e. The summed E-state index contributed by atoms with van der Waals surface area (Å²) in [5.74, 6) is 0. The summed E-state index contributed by atoms with van der Waals surface area (Å²) in [5, 5.41) is 0. The van der Waals surface area contributed by atoms with Crippen molar-refractivity contribution in [2.45, 2.75) is 45.2 Å². The Morgan fingerprint density at radius 1 is 1.35 bits per heavy atom. The third-order valence-electron chi connectivity index (χ3n) is 4.37. The molecule has 0 amide bonds. The fraction of sp³-hybridized carbons (Fsp3) is 0.688. The van der Waals surface area contributed by atoms with Gasteiger partial charge in [0, 0.05) is 37.5 Å². The molecule has 0 bridgehead atoms. The van der Waals surface area contributed by atoms with Gasteiger partial charge in [-0.3, -0.25) is 9.88 Å². The van der Waals surface area contributed by atoms with Gasteiger partial charge in [0.15, 0.2) is 0 Å². The van der Waals surface area contributed by atoms with Crippen molar-refractivity contribution in [2.75, 3.05) is 26.3 Å². The molecule has 1 saturated heterocycles. The number of nitrogens with two attached hydrogens (primary N) is 1. The first kappa shape index (κ1) is 15.4. The molecular weight excluding hydrogens is 250 g/mol. The summed E-state index contributed by atoms with van der Waals surface area (Å²) < 4.78 is 5.62. The fourth-order valence-corrected chi connectivity index (χ4v) is 3.14. The Balaban J connectivity index is 2.16. The van der Waals surface area contributed by atoms with E-state index < -0.39 is 0 Å². The topological polar surface area (TPSA) is 51.4 Å². The lowest BCUT2D eigenvalue weighted by Gasteiger charge is -2.42. The molecule has 0 radical (unpaired) electrons. The van der Waals surface area contributed by atoms with Crippen molar-refractivity contribution < 1.29 is 4.74 Å². The van der Waals surface area contributed by atoms with E-state index in [2.05, 4.69) is 28.9 Å². The van der Waals surface area contributed by atoms with Gasteiger partial charge in [-0.1, -0.05) is 13.0 Å². The molecule has 20 heavy (non-hydrogen) atoms. The van der Waals surface area contributed by atoms with Gasteiger partial charge >= 0.3 is 0 Å². The fourth-order valence-electron chi connectivity index (χ4n) is 3.14. The quantitative estimate of drug-likeness (QED) is 0.895. The van der Waals surface area contributed by atoms with Crippen LogP contribution in [-0.2, 0) is 11.3 Å². The maximum absolute atomic E-state index is 6.15. The summed E-state index contributed by atoms with van der Waals surface area (Å²) >= 11 is 0.